The van der Waals surface area contributed by atoms with Crippen molar-refractivity contribution in [3.8, 4) is 0 Å². The van der Waals surface area contributed by atoms with E-state index in [9.17, 15) is 0 Å². The summed E-state index contributed by atoms with van der Waals surface area (Å²) in [6.07, 6.45) is 3.99. The minimum atomic E-state index is 0.676. The van der Waals surface area contributed by atoms with Crippen molar-refractivity contribution in [3.05, 3.63) is 51.0 Å². The van der Waals surface area contributed by atoms with Gasteiger partial charge in [-0.1, -0.05) is 30.7 Å². The second-order valence-corrected chi connectivity index (χ2v) is 8.89. The molecule has 6 heteroatoms. The van der Waals surface area contributed by atoms with Gasteiger partial charge in [-0.25, -0.2) is 4.98 Å². The van der Waals surface area contributed by atoms with Crippen molar-refractivity contribution in [3.63, 3.8) is 0 Å². The van der Waals surface area contributed by atoms with Crippen LogP contribution in [0.3, 0.4) is 0 Å². The molecule has 0 aliphatic carbocycles. The Kier molecular flexibility index (Phi) is 7.45. The Balaban J connectivity index is 1.57. The van der Waals surface area contributed by atoms with Crippen molar-refractivity contribution in [2.24, 2.45) is 4.99 Å². The summed E-state index contributed by atoms with van der Waals surface area (Å²) in [5.41, 5.74) is 3.85. The van der Waals surface area contributed by atoms with Crippen molar-refractivity contribution in [1.29, 1.82) is 0 Å². The van der Waals surface area contributed by atoms with Gasteiger partial charge in [-0.3, -0.25) is 9.89 Å². The van der Waals surface area contributed by atoms with E-state index in [0.29, 0.717) is 6.04 Å². The highest BCUT2D eigenvalue weighted by Crippen LogP contribution is 2.21. The Hall–Kier alpha value is -1.92. The molecule has 1 unspecified atom stereocenters. The first-order valence-electron chi connectivity index (χ1n) is 10.2. The lowest BCUT2D eigenvalue weighted by atomic mass is 10.0. The zero-order valence-electron chi connectivity index (χ0n) is 17.6. The van der Waals surface area contributed by atoms with Gasteiger partial charge in [0.1, 0.15) is 0 Å². The molecule has 0 saturated carbocycles. The van der Waals surface area contributed by atoms with Gasteiger partial charge < -0.3 is 10.6 Å². The smallest absolute Gasteiger partial charge is 0.191 e. The van der Waals surface area contributed by atoms with Gasteiger partial charge in [-0.2, -0.15) is 0 Å². The number of rotatable bonds is 6. The molecule has 2 N–H and O–H groups in total. The van der Waals surface area contributed by atoms with Crippen molar-refractivity contribution >= 4 is 17.3 Å². The second-order valence-electron chi connectivity index (χ2n) is 7.60. The molecule has 152 valence electrons. The van der Waals surface area contributed by atoms with Gasteiger partial charge in [0.2, 0.25) is 0 Å². The maximum atomic E-state index is 4.50. The van der Waals surface area contributed by atoms with Crippen molar-refractivity contribution in [1.82, 2.24) is 20.5 Å². The molecule has 1 aliphatic heterocycles. The fourth-order valence-corrected chi connectivity index (χ4v) is 4.67. The van der Waals surface area contributed by atoms with E-state index >= 15 is 0 Å². The van der Waals surface area contributed by atoms with Crippen LogP contribution in [0.5, 0.6) is 0 Å². The van der Waals surface area contributed by atoms with Gasteiger partial charge in [0, 0.05) is 31.1 Å². The van der Waals surface area contributed by atoms with Crippen LogP contribution in [-0.2, 0) is 19.6 Å². The topological polar surface area (TPSA) is 52.6 Å². The summed E-state index contributed by atoms with van der Waals surface area (Å²) in [4.78, 5) is 12.8. The molecule has 0 spiro atoms. The van der Waals surface area contributed by atoms with E-state index in [2.05, 4.69) is 63.6 Å². The number of nitrogens with zero attached hydrogens (tertiary/aromatic N) is 3. The fraction of sp³-hybridized carbons (Fsp3) is 0.545. The third kappa shape index (κ3) is 5.55. The molecular formula is C22H33N5S. The number of thiazole rings is 1. The van der Waals surface area contributed by atoms with Crippen LogP contribution in [-0.4, -0.2) is 35.5 Å². The molecule has 1 saturated heterocycles. The normalized spacial score (nSPS) is 18.3. The van der Waals surface area contributed by atoms with E-state index in [1.165, 1.54) is 41.8 Å². The van der Waals surface area contributed by atoms with Gasteiger partial charge in [0.15, 0.2) is 5.96 Å². The van der Waals surface area contributed by atoms with Crippen molar-refractivity contribution in [2.45, 2.75) is 65.7 Å². The van der Waals surface area contributed by atoms with Crippen LogP contribution >= 0.6 is 11.3 Å². The van der Waals surface area contributed by atoms with Crippen LogP contribution in [0.15, 0.2) is 29.3 Å². The molecule has 3 rings (SSSR count). The van der Waals surface area contributed by atoms with Crippen LogP contribution in [0, 0.1) is 13.8 Å². The molecule has 1 aromatic heterocycles. The summed E-state index contributed by atoms with van der Waals surface area (Å²) in [5.74, 6) is 0.826. The Labute approximate surface area is 173 Å². The molecule has 28 heavy (non-hydrogen) atoms. The Morgan fingerprint density at radius 2 is 1.93 bits per heavy atom. The molecule has 1 aliphatic rings. The van der Waals surface area contributed by atoms with Gasteiger partial charge >= 0.3 is 0 Å². The predicted octanol–water partition coefficient (Wildman–Crippen LogP) is 4.00. The molecule has 0 bridgehead atoms. The van der Waals surface area contributed by atoms with Crippen molar-refractivity contribution < 1.29 is 0 Å². The number of hydrogen-bond acceptors (Lipinski definition) is 4. The van der Waals surface area contributed by atoms with Crippen LogP contribution in [0.25, 0.3) is 0 Å². The number of piperidine rings is 1. The van der Waals surface area contributed by atoms with Gasteiger partial charge in [0.25, 0.3) is 0 Å². The highest BCUT2D eigenvalue weighted by atomic mass is 32.1. The third-order valence-electron chi connectivity index (χ3n) is 5.52. The van der Waals surface area contributed by atoms with Crippen LogP contribution in [0.1, 0.15) is 52.9 Å². The minimum Gasteiger partial charge on any atom is -0.352 e. The number of likely N-dealkylation sites (tertiary alicyclic amines) is 1. The lowest BCUT2D eigenvalue weighted by molar-refractivity contribution is 0.152. The fourth-order valence-electron chi connectivity index (χ4n) is 3.80. The highest BCUT2D eigenvalue weighted by Gasteiger charge is 2.19. The third-order valence-corrected chi connectivity index (χ3v) is 6.59. The zero-order valence-corrected chi connectivity index (χ0v) is 18.4. The number of hydrogen-bond donors (Lipinski definition) is 2. The maximum Gasteiger partial charge on any atom is 0.191 e. The first kappa shape index (κ1) is 20.8. The van der Waals surface area contributed by atoms with E-state index < -0.39 is 0 Å². The van der Waals surface area contributed by atoms with Gasteiger partial charge in [0.05, 0.1) is 17.2 Å². The molecule has 1 fully saturated rings. The average Bonchev–Trinajstić information content (AvgIpc) is 3.02. The number of aromatic nitrogens is 1. The number of aliphatic imine (C=N–C) groups is 1. The van der Waals surface area contributed by atoms with E-state index in [0.717, 1.165) is 36.3 Å². The molecule has 0 amide bonds. The standard InChI is InChI=1S/C22H33N5S/c1-16-9-7-8-12-27(16)15-20-11-6-5-10-19(20)13-24-22(23-4)25-14-21-17(2)26-18(3)28-21/h5-6,10-11,16H,7-9,12-15H2,1-4H3,(H2,23,24,25). The first-order valence-corrected chi connectivity index (χ1v) is 11.1. The summed E-state index contributed by atoms with van der Waals surface area (Å²) in [7, 11) is 1.82. The van der Waals surface area contributed by atoms with Crippen LogP contribution in [0.2, 0.25) is 0 Å². The largest absolute Gasteiger partial charge is 0.352 e. The summed E-state index contributed by atoms with van der Waals surface area (Å²) in [6, 6.07) is 9.43. The van der Waals surface area contributed by atoms with Crippen molar-refractivity contribution in [2.75, 3.05) is 13.6 Å². The summed E-state index contributed by atoms with van der Waals surface area (Å²) < 4.78 is 0. The monoisotopic (exact) mass is 399 g/mol. The van der Waals surface area contributed by atoms with E-state index in [4.69, 9.17) is 0 Å². The number of guanidine groups is 1. The lowest BCUT2D eigenvalue weighted by Crippen LogP contribution is -2.38. The first-order chi connectivity index (χ1) is 13.6. The minimum absolute atomic E-state index is 0.676. The predicted molar refractivity (Wildman–Crippen MR) is 119 cm³/mol. The maximum absolute atomic E-state index is 4.50. The van der Waals surface area contributed by atoms with E-state index in [1.54, 1.807) is 11.3 Å². The molecule has 1 atom stereocenters. The summed E-state index contributed by atoms with van der Waals surface area (Å²) in [5, 5.41) is 8.00. The van der Waals surface area contributed by atoms with Crippen LogP contribution < -0.4 is 10.6 Å². The molecule has 2 heterocycles. The van der Waals surface area contributed by atoms with E-state index in [1.807, 2.05) is 14.0 Å². The van der Waals surface area contributed by atoms with Gasteiger partial charge in [-0.15, -0.1) is 11.3 Å². The zero-order chi connectivity index (χ0) is 19.9. The number of nitrogens with one attached hydrogen (secondary N) is 2. The Bertz CT molecular complexity index is 798. The molecule has 1 aromatic carbocycles. The number of aryl methyl sites for hydroxylation is 2. The molecule has 5 nitrogen and oxygen atoms in total. The van der Waals surface area contributed by atoms with E-state index in [-0.39, 0.29) is 0 Å². The number of benzene rings is 1. The average molecular weight is 400 g/mol. The molecule has 0 radical (unpaired) electrons. The quantitative estimate of drug-likeness (QED) is 0.569. The second kappa shape index (κ2) is 10.0. The van der Waals surface area contributed by atoms with Gasteiger partial charge in [-0.05, 0) is 51.3 Å². The summed E-state index contributed by atoms with van der Waals surface area (Å²) >= 11 is 1.74. The summed E-state index contributed by atoms with van der Waals surface area (Å²) in [6.45, 7) is 10.2. The van der Waals surface area contributed by atoms with Crippen LogP contribution in [0.4, 0.5) is 0 Å². The molecular weight excluding hydrogens is 366 g/mol. The Morgan fingerprint density at radius 1 is 1.18 bits per heavy atom. The lowest BCUT2D eigenvalue weighted by Gasteiger charge is -2.33. The highest BCUT2D eigenvalue weighted by molar-refractivity contribution is 7.11. The Morgan fingerprint density at radius 3 is 2.61 bits per heavy atom. The molecule has 2 aromatic rings. The SMILES string of the molecule is CN=C(NCc1ccccc1CN1CCCCC1C)NCc1sc(C)nc1C.